The van der Waals surface area contributed by atoms with Gasteiger partial charge >= 0.3 is 0 Å². The van der Waals surface area contributed by atoms with E-state index in [9.17, 15) is 0 Å². The van der Waals surface area contributed by atoms with Gasteiger partial charge in [-0.15, -0.1) is 0 Å². The van der Waals surface area contributed by atoms with Crippen molar-refractivity contribution in [3.63, 3.8) is 0 Å². The minimum absolute atomic E-state index is 1.15. The molecule has 0 unspecified atom stereocenters. The average Bonchev–Trinajstić information content (AvgIpc) is 2.82. The first kappa shape index (κ1) is 10.3. The second kappa shape index (κ2) is 4.56. The van der Waals surface area contributed by atoms with E-state index in [0.717, 1.165) is 6.54 Å². The highest BCUT2D eigenvalue weighted by Crippen LogP contribution is 2.19. The highest BCUT2D eigenvalue weighted by molar-refractivity contribution is 5.28. The maximum Gasteiger partial charge on any atom is 0.0509 e. The van der Waals surface area contributed by atoms with Crippen molar-refractivity contribution in [1.29, 1.82) is 0 Å². The third-order valence-electron chi connectivity index (χ3n) is 3.81. The Morgan fingerprint density at radius 1 is 0.875 bits per heavy atom. The van der Waals surface area contributed by atoms with Crippen molar-refractivity contribution in [1.82, 2.24) is 9.80 Å². The number of rotatable bonds is 2. The fourth-order valence-electron chi connectivity index (χ4n) is 2.88. The zero-order valence-corrected chi connectivity index (χ0v) is 9.86. The Morgan fingerprint density at radius 2 is 1.62 bits per heavy atom. The molecule has 0 spiro atoms. The monoisotopic (exact) mass is 216 g/mol. The number of hydrogen-bond donors (Lipinski definition) is 0. The molecule has 16 heavy (non-hydrogen) atoms. The molecule has 2 aliphatic heterocycles. The fourth-order valence-corrected chi connectivity index (χ4v) is 2.88. The van der Waals surface area contributed by atoms with E-state index in [1.807, 2.05) is 0 Å². The van der Waals surface area contributed by atoms with Crippen molar-refractivity contribution in [2.75, 3.05) is 26.3 Å². The van der Waals surface area contributed by atoms with Gasteiger partial charge in [-0.25, -0.2) is 0 Å². The summed E-state index contributed by atoms with van der Waals surface area (Å²) in [5.41, 5.74) is 3.09. The summed E-state index contributed by atoms with van der Waals surface area (Å²) in [5.74, 6) is 0. The molecular formula is C14H20N2. The molecule has 1 saturated heterocycles. The second-order valence-corrected chi connectivity index (χ2v) is 5.04. The molecule has 0 aromatic heterocycles. The first-order valence-electron chi connectivity index (χ1n) is 6.43. The minimum atomic E-state index is 1.15. The molecule has 0 saturated carbocycles. The zero-order chi connectivity index (χ0) is 10.8. The van der Waals surface area contributed by atoms with E-state index in [2.05, 4.69) is 34.1 Å². The van der Waals surface area contributed by atoms with Gasteiger partial charge in [0.25, 0.3) is 0 Å². The van der Waals surface area contributed by atoms with Crippen LogP contribution in [0.4, 0.5) is 0 Å². The van der Waals surface area contributed by atoms with Crippen molar-refractivity contribution < 1.29 is 0 Å². The van der Waals surface area contributed by atoms with Crippen LogP contribution >= 0.6 is 0 Å². The highest BCUT2D eigenvalue weighted by atomic mass is 15.3. The molecule has 0 radical (unpaired) electrons. The van der Waals surface area contributed by atoms with Gasteiger partial charge in [-0.1, -0.05) is 24.3 Å². The third-order valence-corrected chi connectivity index (χ3v) is 3.81. The van der Waals surface area contributed by atoms with Crippen molar-refractivity contribution in [3.8, 4) is 0 Å². The summed E-state index contributed by atoms with van der Waals surface area (Å²) in [7, 11) is 0. The van der Waals surface area contributed by atoms with E-state index in [0.29, 0.717) is 0 Å². The summed E-state index contributed by atoms with van der Waals surface area (Å²) in [6, 6.07) is 8.89. The maximum atomic E-state index is 2.59. The van der Waals surface area contributed by atoms with Crippen LogP contribution in [-0.4, -0.2) is 36.1 Å². The molecule has 2 heteroatoms. The number of fused-ring (bicyclic) bond motifs is 1. The van der Waals surface area contributed by atoms with Gasteiger partial charge in [-0.05, 0) is 43.5 Å². The van der Waals surface area contributed by atoms with Crippen LogP contribution in [0.3, 0.4) is 0 Å². The molecule has 2 heterocycles. The summed E-state index contributed by atoms with van der Waals surface area (Å²) >= 11 is 0. The van der Waals surface area contributed by atoms with Gasteiger partial charge in [0.15, 0.2) is 0 Å². The Morgan fingerprint density at radius 3 is 2.44 bits per heavy atom. The third kappa shape index (κ3) is 2.13. The lowest BCUT2D eigenvalue weighted by molar-refractivity contribution is 0.141. The molecule has 0 N–H and O–H groups in total. The van der Waals surface area contributed by atoms with Crippen LogP contribution in [0.25, 0.3) is 0 Å². The van der Waals surface area contributed by atoms with Gasteiger partial charge in [0.05, 0.1) is 6.67 Å². The van der Waals surface area contributed by atoms with Gasteiger partial charge < -0.3 is 0 Å². The van der Waals surface area contributed by atoms with Crippen molar-refractivity contribution in [2.24, 2.45) is 0 Å². The quantitative estimate of drug-likeness (QED) is 0.747. The van der Waals surface area contributed by atoms with Crippen LogP contribution in [0.2, 0.25) is 0 Å². The van der Waals surface area contributed by atoms with Crippen LogP contribution in [0.1, 0.15) is 24.0 Å². The molecular weight excluding hydrogens is 196 g/mol. The van der Waals surface area contributed by atoms with E-state index < -0.39 is 0 Å². The van der Waals surface area contributed by atoms with Gasteiger partial charge in [-0.3, -0.25) is 9.80 Å². The smallest absolute Gasteiger partial charge is 0.0509 e. The Bertz CT molecular complexity index is 356. The highest BCUT2D eigenvalue weighted by Gasteiger charge is 2.19. The van der Waals surface area contributed by atoms with E-state index in [-0.39, 0.29) is 0 Å². The van der Waals surface area contributed by atoms with E-state index in [1.165, 1.54) is 51.1 Å². The molecule has 0 amide bonds. The van der Waals surface area contributed by atoms with E-state index in [1.54, 1.807) is 5.56 Å². The van der Waals surface area contributed by atoms with Crippen LogP contribution in [0.15, 0.2) is 24.3 Å². The minimum Gasteiger partial charge on any atom is -0.290 e. The number of hydrogen-bond acceptors (Lipinski definition) is 2. The molecule has 1 fully saturated rings. The van der Waals surface area contributed by atoms with E-state index in [4.69, 9.17) is 0 Å². The van der Waals surface area contributed by atoms with Crippen LogP contribution < -0.4 is 0 Å². The van der Waals surface area contributed by atoms with Gasteiger partial charge in [0, 0.05) is 13.1 Å². The number of likely N-dealkylation sites (tertiary alicyclic amines) is 1. The fraction of sp³-hybridized carbons (Fsp3) is 0.571. The molecule has 3 rings (SSSR count). The summed E-state index contributed by atoms with van der Waals surface area (Å²) < 4.78 is 0. The Labute approximate surface area is 97.9 Å². The van der Waals surface area contributed by atoms with Crippen molar-refractivity contribution in [3.05, 3.63) is 35.4 Å². The molecule has 1 aromatic carbocycles. The van der Waals surface area contributed by atoms with Crippen molar-refractivity contribution >= 4 is 0 Å². The lowest BCUT2D eigenvalue weighted by Gasteiger charge is -2.32. The van der Waals surface area contributed by atoms with Crippen LogP contribution in [-0.2, 0) is 13.0 Å². The predicted octanol–water partition coefficient (Wildman–Crippen LogP) is 2.10. The van der Waals surface area contributed by atoms with E-state index >= 15 is 0 Å². The SMILES string of the molecule is c1ccc2c(c1)CCN(CN1CCCC1)C2. The standard InChI is InChI=1S/C14H20N2/c1-2-6-14-11-16(10-7-13(14)5-1)12-15-8-3-4-9-15/h1-2,5-6H,3-4,7-12H2. The Hall–Kier alpha value is -0.860. The lowest BCUT2D eigenvalue weighted by Crippen LogP contribution is -2.39. The first-order valence-corrected chi connectivity index (χ1v) is 6.43. The maximum absolute atomic E-state index is 2.59. The largest absolute Gasteiger partial charge is 0.290 e. The van der Waals surface area contributed by atoms with Crippen LogP contribution in [0, 0.1) is 0 Å². The normalized spacial score (nSPS) is 22.2. The summed E-state index contributed by atoms with van der Waals surface area (Å²) in [6.07, 6.45) is 4.01. The first-order chi connectivity index (χ1) is 7.92. The topological polar surface area (TPSA) is 6.48 Å². The number of nitrogens with zero attached hydrogens (tertiary/aromatic N) is 2. The Kier molecular flexibility index (Phi) is 2.94. The molecule has 1 aromatic rings. The molecule has 0 atom stereocenters. The summed E-state index contributed by atoms with van der Waals surface area (Å²) in [6.45, 7) is 6.16. The van der Waals surface area contributed by atoms with Gasteiger partial charge in [0.1, 0.15) is 0 Å². The molecule has 0 bridgehead atoms. The predicted molar refractivity (Wildman–Crippen MR) is 66.2 cm³/mol. The van der Waals surface area contributed by atoms with Crippen molar-refractivity contribution in [2.45, 2.75) is 25.8 Å². The summed E-state index contributed by atoms with van der Waals surface area (Å²) in [4.78, 5) is 5.18. The number of benzene rings is 1. The van der Waals surface area contributed by atoms with Crippen LogP contribution in [0.5, 0.6) is 0 Å². The zero-order valence-electron chi connectivity index (χ0n) is 9.86. The Balaban J connectivity index is 1.63. The van der Waals surface area contributed by atoms with Gasteiger partial charge in [-0.2, -0.15) is 0 Å². The molecule has 86 valence electrons. The van der Waals surface area contributed by atoms with Gasteiger partial charge in [0.2, 0.25) is 0 Å². The summed E-state index contributed by atoms with van der Waals surface area (Å²) in [5, 5.41) is 0. The second-order valence-electron chi connectivity index (χ2n) is 5.04. The lowest BCUT2D eigenvalue weighted by atomic mass is 10.0. The molecule has 0 aliphatic carbocycles. The molecule has 2 aliphatic rings. The average molecular weight is 216 g/mol. The molecule has 2 nitrogen and oxygen atoms in total.